The van der Waals surface area contributed by atoms with Crippen LogP contribution in [0.1, 0.15) is 16.7 Å². The van der Waals surface area contributed by atoms with Crippen molar-refractivity contribution in [2.45, 2.75) is 13.5 Å². The van der Waals surface area contributed by atoms with Crippen LogP contribution >= 0.6 is 11.6 Å². The largest absolute Gasteiger partial charge is 0.489 e. The quantitative estimate of drug-likeness (QED) is 0.255. The summed E-state index contributed by atoms with van der Waals surface area (Å²) in [5.41, 5.74) is 3.27. The topological polar surface area (TPSA) is 62.1 Å². The third-order valence-electron chi connectivity index (χ3n) is 5.26. The molecule has 0 aromatic heterocycles. The third-order valence-corrected chi connectivity index (χ3v) is 5.67. The third kappa shape index (κ3) is 5.41. The van der Waals surface area contributed by atoms with E-state index < -0.39 is 5.91 Å². The zero-order valence-corrected chi connectivity index (χ0v) is 18.8. The van der Waals surface area contributed by atoms with Crippen molar-refractivity contribution >= 4 is 40.0 Å². The summed E-state index contributed by atoms with van der Waals surface area (Å²) in [5.74, 6) is 0.214. The van der Waals surface area contributed by atoms with Crippen LogP contribution in [0.3, 0.4) is 0 Å². The second-order valence-corrected chi connectivity index (χ2v) is 7.99. The number of nitrogens with one attached hydrogen (secondary N) is 1. The summed E-state index contributed by atoms with van der Waals surface area (Å²) in [6, 6.07) is 28.8. The van der Waals surface area contributed by atoms with Crippen LogP contribution in [0.4, 0.5) is 5.69 Å². The molecule has 0 aliphatic rings. The number of ether oxygens (including phenoxy) is 1. The lowest BCUT2D eigenvalue weighted by Crippen LogP contribution is -2.13. The molecule has 0 saturated heterocycles. The standard InChI is InChI=1S/C28H21ClN2O2/c1-19-9-12-24(16-27(19)29)31-28(32)23(17-30)15-20-10-13-25(14-11-20)33-18-22-7-4-6-21-5-2-3-8-26(21)22/h2-16H,18H2,1H3,(H,31,32)/b23-15+. The maximum atomic E-state index is 12.5. The van der Waals surface area contributed by atoms with Crippen LogP contribution in [0, 0.1) is 18.3 Å². The maximum Gasteiger partial charge on any atom is 0.266 e. The highest BCUT2D eigenvalue weighted by Crippen LogP contribution is 2.23. The van der Waals surface area contributed by atoms with Crippen molar-refractivity contribution in [3.05, 3.63) is 112 Å². The summed E-state index contributed by atoms with van der Waals surface area (Å²) >= 11 is 6.11. The number of amides is 1. The highest BCUT2D eigenvalue weighted by molar-refractivity contribution is 6.31. The summed E-state index contributed by atoms with van der Waals surface area (Å²) in [4.78, 5) is 12.5. The molecule has 4 aromatic carbocycles. The fourth-order valence-electron chi connectivity index (χ4n) is 3.42. The molecule has 0 saturated carbocycles. The van der Waals surface area contributed by atoms with Gasteiger partial charge in [-0.25, -0.2) is 0 Å². The summed E-state index contributed by atoms with van der Waals surface area (Å²) in [6.07, 6.45) is 1.54. The average Bonchev–Trinajstić information content (AvgIpc) is 2.84. The van der Waals surface area contributed by atoms with Crippen molar-refractivity contribution in [3.8, 4) is 11.8 Å². The predicted octanol–water partition coefficient (Wildman–Crippen LogP) is 6.93. The molecule has 0 bridgehead atoms. The number of carbonyl (C=O) groups excluding carboxylic acids is 1. The normalized spacial score (nSPS) is 11.1. The molecule has 4 rings (SSSR count). The Labute approximate surface area is 197 Å². The highest BCUT2D eigenvalue weighted by atomic mass is 35.5. The molecule has 0 unspecified atom stereocenters. The van der Waals surface area contributed by atoms with Gasteiger partial charge in [-0.1, -0.05) is 72.3 Å². The lowest BCUT2D eigenvalue weighted by molar-refractivity contribution is -0.112. The minimum atomic E-state index is -0.492. The Morgan fingerprint density at radius 1 is 1.03 bits per heavy atom. The molecule has 1 N–H and O–H groups in total. The molecule has 4 nitrogen and oxygen atoms in total. The van der Waals surface area contributed by atoms with Crippen molar-refractivity contribution in [3.63, 3.8) is 0 Å². The van der Waals surface area contributed by atoms with E-state index in [9.17, 15) is 10.1 Å². The molecule has 0 heterocycles. The molecule has 4 aromatic rings. The predicted molar refractivity (Wildman–Crippen MR) is 133 cm³/mol. The zero-order chi connectivity index (χ0) is 23.2. The van der Waals surface area contributed by atoms with E-state index in [1.165, 1.54) is 10.8 Å². The first-order chi connectivity index (χ1) is 16.0. The summed E-state index contributed by atoms with van der Waals surface area (Å²) in [5, 5.41) is 15.1. The van der Waals surface area contributed by atoms with Gasteiger partial charge in [0.1, 0.15) is 24.0 Å². The Morgan fingerprint density at radius 2 is 1.79 bits per heavy atom. The fourth-order valence-corrected chi connectivity index (χ4v) is 3.60. The van der Waals surface area contributed by atoms with Gasteiger partial charge in [-0.3, -0.25) is 4.79 Å². The summed E-state index contributed by atoms with van der Waals surface area (Å²) < 4.78 is 5.96. The first-order valence-corrected chi connectivity index (χ1v) is 10.8. The first-order valence-electron chi connectivity index (χ1n) is 10.4. The minimum absolute atomic E-state index is 0.00359. The lowest BCUT2D eigenvalue weighted by Gasteiger charge is -2.09. The van der Waals surface area contributed by atoms with E-state index >= 15 is 0 Å². The van der Waals surface area contributed by atoms with Crippen LogP contribution < -0.4 is 10.1 Å². The van der Waals surface area contributed by atoms with E-state index in [2.05, 4.69) is 29.6 Å². The molecule has 0 radical (unpaired) electrons. The molecular formula is C28H21ClN2O2. The molecule has 1 amide bonds. The Hall–Kier alpha value is -4.07. The number of nitrogens with zero attached hydrogens (tertiary/aromatic N) is 1. The monoisotopic (exact) mass is 452 g/mol. The van der Waals surface area contributed by atoms with Gasteiger partial charge in [0.05, 0.1) is 0 Å². The molecule has 0 aliphatic carbocycles. The molecule has 162 valence electrons. The van der Waals surface area contributed by atoms with Crippen LogP contribution in [0.15, 0.2) is 90.5 Å². The summed E-state index contributed by atoms with van der Waals surface area (Å²) in [7, 11) is 0. The Kier molecular flexibility index (Phi) is 6.73. The van der Waals surface area contributed by atoms with Gasteiger partial charge in [0.25, 0.3) is 5.91 Å². The minimum Gasteiger partial charge on any atom is -0.489 e. The van der Waals surface area contributed by atoms with Gasteiger partial charge < -0.3 is 10.1 Å². The van der Waals surface area contributed by atoms with Crippen molar-refractivity contribution in [2.24, 2.45) is 0 Å². The van der Waals surface area contributed by atoms with Gasteiger partial charge in [-0.15, -0.1) is 0 Å². The summed E-state index contributed by atoms with van der Waals surface area (Å²) in [6.45, 7) is 2.32. The number of anilines is 1. The smallest absolute Gasteiger partial charge is 0.266 e. The van der Waals surface area contributed by atoms with E-state index in [0.717, 1.165) is 16.7 Å². The number of aryl methyl sites for hydroxylation is 1. The van der Waals surface area contributed by atoms with Crippen molar-refractivity contribution in [2.75, 3.05) is 5.32 Å². The Morgan fingerprint density at radius 3 is 2.55 bits per heavy atom. The van der Waals surface area contributed by atoms with Crippen LogP contribution in [-0.2, 0) is 11.4 Å². The first kappa shape index (κ1) is 22.1. The molecule has 0 atom stereocenters. The van der Waals surface area contributed by atoms with E-state index in [1.807, 2.05) is 61.5 Å². The lowest BCUT2D eigenvalue weighted by atomic mass is 10.1. The van der Waals surface area contributed by atoms with Crippen molar-refractivity contribution in [1.82, 2.24) is 0 Å². The van der Waals surface area contributed by atoms with Crippen molar-refractivity contribution in [1.29, 1.82) is 5.26 Å². The van der Waals surface area contributed by atoms with Gasteiger partial charge in [-0.2, -0.15) is 5.26 Å². The van der Waals surface area contributed by atoms with Gasteiger partial charge in [0, 0.05) is 10.7 Å². The molecule has 0 fully saturated rings. The molecular weight excluding hydrogens is 432 g/mol. The molecule has 33 heavy (non-hydrogen) atoms. The average molecular weight is 453 g/mol. The maximum absolute atomic E-state index is 12.5. The number of nitriles is 1. The number of hydrogen-bond donors (Lipinski definition) is 1. The number of carbonyl (C=O) groups is 1. The number of rotatable bonds is 6. The Balaban J connectivity index is 1.43. The number of benzene rings is 4. The van der Waals surface area contributed by atoms with Crippen LogP contribution in [0.5, 0.6) is 5.75 Å². The SMILES string of the molecule is Cc1ccc(NC(=O)/C(C#N)=C/c2ccc(OCc3cccc4ccccc34)cc2)cc1Cl. The number of hydrogen-bond acceptors (Lipinski definition) is 3. The highest BCUT2D eigenvalue weighted by Gasteiger charge is 2.10. The van der Waals surface area contributed by atoms with E-state index in [1.54, 1.807) is 18.2 Å². The van der Waals surface area contributed by atoms with E-state index in [4.69, 9.17) is 16.3 Å². The van der Waals surface area contributed by atoms with Crippen molar-refractivity contribution < 1.29 is 9.53 Å². The second-order valence-electron chi connectivity index (χ2n) is 7.58. The van der Waals surface area contributed by atoms with Gasteiger partial charge in [0.15, 0.2) is 0 Å². The van der Waals surface area contributed by atoms with Gasteiger partial charge >= 0.3 is 0 Å². The van der Waals surface area contributed by atoms with Gasteiger partial charge in [0.2, 0.25) is 0 Å². The molecule has 0 spiro atoms. The van der Waals surface area contributed by atoms with Crippen LogP contribution in [0.2, 0.25) is 5.02 Å². The Bertz CT molecular complexity index is 1380. The zero-order valence-electron chi connectivity index (χ0n) is 18.0. The number of halogens is 1. The number of fused-ring (bicyclic) bond motifs is 1. The second kappa shape index (κ2) is 10.0. The molecule has 0 aliphatic heterocycles. The van der Waals surface area contributed by atoms with E-state index in [-0.39, 0.29) is 5.57 Å². The van der Waals surface area contributed by atoms with Crippen LogP contribution in [0.25, 0.3) is 16.8 Å². The van der Waals surface area contributed by atoms with E-state index in [0.29, 0.717) is 23.1 Å². The molecule has 5 heteroatoms. The van der Waals surface area contributed by atoms with Crippen LogP contribution in [-0.4, -0.2) is 5.91 Å². The fraction of sp³-hybridized carbons (Fsp3) is 0.0714. The van der Waals surface area contributed by atoms with Gasteiger partial charge in [-0.05, 0) is 64.7 Å².